The van der Waals surface area contributed by atoms with Gasteiger partial charge in [-0.2, -0.15) is 5.10 Å². The first-order chi connectivity index (χ1) is 16.5. The van der Waals surface area contributed by atoms with Crippen molar-refractivity contribution in [1.29, 1.82) is 0 Å². The van der Waals surface area contributed by atoms with E-state index in [1.165, 1.54) is 13.3 Å². The van der Waals surface area contributed by atoms with Crippen LogP contribution in [-0.4, -0.2) is 37.7 Å². The number of ether oxygens (including phenoxy) is 3. The number of methoxy groups -OCH3 is 1. The normalized spacial score (nSPS) is 10.4. The Hall–Kier alpha value is -4.66. The molecule has 0 spiro atoms. The van der Waals surface area contributed by atoms with Crippen LogP contribution in [0.4, 0.5) is 5.69 Å². The molecular weight excluding hydrogens is 438 g/mol. The molecule has 0 aliphatic heterocycles. The minimum atomic E-state index is -0.960. The summed E-state index contributed by atoms with van der Waals surface area (Å²) in [7, 11) is 1.53. The van der Waals surface area contributed by atoms with Crippen LogP contribution in [0.2, 0.25) is 0 Å². The van der Waals surface area contributed by atoms with Gasteiger partial charge in [0.25, 0.3) is 0 Å². The molecule has 0 unspecified atom stereocenters. The van der Waals surface area contributed by atoms with Gasteiger partial charge in [0.15, 0.2) is 0 Å². The lowest BCUT2D eigenvalue weighted by Crippen LogP contribution is -2.32. The second-order valence-corrected chi connectivity index (χ2v) is 6.77. The fourth-order valence-electron chi connectivity index (χ4n) is 2.77. The molecule has 0 saturated heterocycles. The highest BCUT2D eigenvalue weighted by molar-refractivity contribution is 6.39. The van der Waals surface area contributed by atoms with Crippen molar-refractivity contribution >= 4 is 29.7 Å². The summed E-state index contributed by atoms with van der Waals surface area (Å²) in [5.41, 5.74) is 3.35. The molecule has 2 amide bonds. The third kappa shape index (κ3) is 6.67. The molecule has 0 bridgehead atoms. The molecule has 0 saturated carbocycles. The van der Waals surface area contributed by atoms with Crippen molar-refractivity contribution in [1.82, 2.24) is 5.43 Å². The minimum absolute atomic E-state index is 0.236. The number of amides is 2. The lowest BCUT2D eigenvalue weighted by Gasteiger charge is -2.08. The first-order valence-electron chi connectivity index (χ1n) is 10.3. The Labute approximate surface area is 196 Å². The number of rotatable bonds is 8. The van der Waals surface area contributed by atoms with E-state index in [0.29, 0.717) is 34.9 Å². The van der Waals surface area contributed by atoms with Gasteiger partial charge in [0.1, 0.15) is 17.2 Å². The number of nitrogens with one attached hydrogen (secondary N) is 2. The van der Waals surface area contributed by atoms with Crippen LogP contribution in [0.3, 0.4) is 0 Å². The predicted molar refractivity (Wildman–Crippen MR) is 126 cm³/mol. The summed E-state index contributed by atoms with van der Waals surface area (Å²) in [4.78, 5) is 36.6. The fourth-order valence-corrected chi connectivity index (χ4v) is 2.77. The molecule has 9 heteroatoms. The molecule has 0 aliphatic carbocycles. The number of hydrogen-bond donors (Lipinski definition) is 2. The van der Waals surface area contributed by atoms with Crippen molar-refractivity contribution in [3.8, 4) is 17.2 Å². The average Bonchev–Trinajstić information content (AvgIpc) is 2.86. The van der Waals surface area contributed by atoms with Crippen LogP contribution in [0.1, 0.15) is 22.8 Å². The number of esters is 1. The van der Waals surface area contributed by atoms with Crippen molar-refractivity contribution in [3.63, 3.8) is 0 Å². The van der Waals surface area contributed by atoms with Crippen molar-refractivity contribution < 1.29 is 28.6 Å². The molecule has 0 radical (unpaired) electrons. The van der Waals surface area contributed by atoms with E-state index in [0.717, 1.165) is 0 Å². The second-order valence-electron chi connectivity index (χ2n) is 6.77. The maximum absolute atomic E-state index is 12.4. The standard InChI is InChI=1S/C25H23N3O6/c1-3-33-21-14-10-19(11-15-21)27-23(29)24(30)28-26-16-18-6-4-5-7-22(18)34-25(31)17-8-12-20(32-2)13-9-17/h4-16H,3H2,1-2H3,(H,27,29)(H,28,30). The van der Waals surface area contributed by atoms with Crippen LogP contribution < -0.4 is 25.0 Å². The molecule has 3 rings (SSSR count). The number of carbonyl (C=O) groups excluding carboxylic acids is 3. The van der Waals surface area contributed by atoms with Gasteiger partial charge in [0.2, 0.25) is 0 Å². The number of anilines is 1. The molecule has 174 valence electrons. The maximum Gasteiger partial charge on any atom is 0.343 e. The van der Waals surface area contributed by atoms with Gasteiger partial charge in [0.05, 0.1) is 25.5 Å². The van der Waals surface area contributed by atoms with Gasteiger partial charge in [-0.3, -0.25) is 9.59 Å². The molecule has 9 nitrogen and oxygen atoms in total. The lowest BCUT2D eigenvalue weighted by molar-refractivity contribution is -0.136. The Morgan fingerprint density at radius 1 is 0.882 bits per heavy atom. The molecule has 0 heterocycles. The number of benzene rings is 3. The van der Waals surface area contributed by atoms with Crippen LogP contribution >= 0.6 is 0 Å². The lowest BCUT2D eigenvalue weighted by atomic mass is 10.2. The van der Waals surface area contributed by atoms with Crippen LogP contribution in [0.25, 0.3) is 0 Å². The zero-order valence-corrected chi connectivity index (χ0v) is 18.6. The van der Waals surface area contributed by atoms with Crippen LogP contribution in [-0.2, 0) is 9.59 Å². The van der Waals surface area contributed by atoms with Crippen molar-refractivity contribution in [2.45, 2.75) is 6.92 Å². The highest BCUT2D eigenvalue weighted by Gasteiger charge is 2.14. The molecule has 0 aromatic heterocycles. The zero-order chi connectivity index (χ0) is 24.3. The molecular formula is C25H23N3O6. The molecule has 3 aromatic carbocycles. The van der Waals surface area contributed by atoms with E-state index >= 15 is 0 Å². The minimum Gasteiger partial charge on any atom is -0.497 e. The second kappa shape index (κ2) is 11.8. The maximum atomic E-state index is 12.4. The zero-order valence-electron chi connectivity index (χ0n) is 18.6. The number of hydrazone groups is 1. The molecule has 0 atom stereocenters. The highest BCUT2D eigenvalue weighted by Crippen LogP contribution is 2.19. The van der Waals surface area contributed by atoms with Crippen molar-refractivity contribution in [2.24, 2.45) is 5.10 Å². The van der Waals surface area contributed by atoms with E-state index in [9.17, 15) is 14.4 Å². The van der Waals surface area contributed by atoms with Gasteiger partial charge >= 0.3 is 17.8 Å². The molecule has 2 N–H and O–H groups in total. The van der Waals surface area contributed by atoms with Gasteiger partial charge in [-0.1, -0.05) is 12.1 Å². The fraction of sp³-hybridized carbons (Fsp3) is 0.120. The number of nitrogens with zero attached hydrogens (tertiary/aromatic N) is 1. The van der Waals surface area contributed by atoms with E-state index in [1.54, 1.807) is 72.8 Å². The Kier molecular flexibility index (Phi) is 8.34. The first kappa shape index (κ1) is 24.0. The monoisotopic (exact) mass is 461 g/mol. The molecule has 34 heavy (non-hydrogen) atoms. The summed E-state index contributed by atoms with van der Waals surface area (Å²) in [5, 5.41) is 6.26. The summed E-state index contributed by atoms with van der Waals surface area (Å²) >= 11 is 0. The Balaban J connectivity index is 1.58. The van der Waals surface area contributed by atoms with Crippen LogP contribution in [0.5, 0.6) is 17.2 Å². The van der Waals surface area contributed by atoms with E-state index in [1.807, 2.05) is 6.92 Å². The molecule has 0 aliphatic rings. The SMILES string of the molecule is CCOc1ccc(NC(=O)C(=O)NN=Cc2ccccc2OC(=O)c2ccc(OC)cc2)cc1. The topological polar surface area (TPSA) is 115 Å². The van der Waals surface area contributed by atoms with Crippen molar-refractivity contribution in [2.75, 3.05) is 19.0 Å². The Morgan fingerprint density at radius 2 is 1.56 bits per heavy atom. The molecule has 0 fully saturated rings. The summed E-state index contributed by atoms with van der Waals surface area (Å²) < 4.78 is 15.8. The number of hydrogen-bond acceptors (Lipinski definition) is 7. The summed E-state index contributed by atoms with van der Waals surface area (Å²) in [6.07, 6.45) is 1.28. The van der Waals surface area contributed by atoms with Gasteiger partial charge in [-0.25, -0.2) is 10.2 Å². The van der Waals surface area contributed by atoms with Crippen LogP contribution in [0.15, 0.2) is 77.9 Å². The van der Waals surface area contributed by atoms with Crippen molar-refractivity contribution in [3.05, 3.63) is 83.9 Å². The number of para-hydroxylation sites is 1. The van der Waals surface area contributed by atoms with Gasteiger partial charge < -0.3 is 19.5 Å². The quantitative estimate of drug-likeness (QED) is 0.175. The van der Waals surface area contributed by atoms with Gasteiger partial charge in [0, 0.05) is 11.3 Å². The summed E-state index contributed by atoms with van der Waals surface area (Å²) in [6.45, 7) is 2.39. The van der Waals surface area contributed by atoms with E-state index in [4.69, 9.17) is 14.2 Å². The average molecular weight is 461 g/mol. The summed E-state index contributed by atoms with van der Waals surface area (Å²) in [6, 6.07) is 19.7. The van der Waals surface area contributed by atoms with E-state index in [-0.39, 0.29) is 5.75 Å². The Bertz CT molecular complexity index is 1170. The van der Waals surface area contributed by atoms with Gasteiger partial charge in [-0.05, 0) is 67.6 Å². The number of carbonyl (C=O) groups is 3. The predicted octanol–water partition coefficient (Wildman–Crippen LogP) is 3.40. The largest absolute Gasteiger partial charge is 0.497 e. The van der Waals surface area contributed by atoms with Gasteiger partial charge in [-0.15, -0.1) is 0 Å². The van der Waals surface area contributed by atoms with E-state index < -0.39 is 17.8 Å². The van der Waals surface area contributed by atoms with Crippen LogP contribution in [0, 0.1) is 0 Å². The third-order valence-corrected chi connectivity index (χ3v) is 4.45. The first-order valence-corrected chi connectivity index (χ1v) is 10.3. The smallest absolute Gasteiger partial charge is 0.343 e. The Morgan fingerprint density at radius 3 is 2.24 bits per heavy atom. The molecule has 3 aromatic rings. The summed E-state index contributed by atoms with van der Waals surface area (Å²) in [5.74, 6) is -0.909. The highest BCUT2D eigenvalue weighted by atomic mass is 16.5. The van der Waals surface area contributed by atoms with E-state index in [2.05, 4.69) is 15.8 Å². The third-order valence-electron chi connectivity index (χ3n) is 4.45.